The van der Waals surface area contributed by atoms with Crippen LogP contribution in [0.3, 0.4) is 0 Å². The number of carbonyl (C=O) groups excluding carboxylic acids is 1. The monoisotopic (exact) mass is 421 g/mol. The van der Waals surface area contributed by atoms with Gasteiger partial charge in [-0.15, -0.1) is 0 Å². The lowest BCUT2D eigenvalue weighted by atomic mass is 10.3. The van der Waals surface area contributed by atoms with E-state index in [4.69, 9.17) is 16.3 Å². The molecule has 0 aliphatic heterocycles. The first kappa shape index (κ1) is 17.8. The minimum absolute atomic E-state index is 0.0517. The highest BCUT2D eigenvalue weighted by atomic mass is 79.9. The molecule has 0 fully saturated rings. The molecule has 0 bridgehead atoms. The number of para-hydroxylation sites is 2. The van der Waals surface area contributed by atoms with E-state index >= 15 is 0 Å². The van der Waals surface area contributed by atoms with E-state index < -0.39 is 0 Å². The maximum atomic E-state index is 12.0. The molecular weight excluding hydrogens is 406 g/mol. The number of nitrogens with zero attached hydrogens (tertiary/aromatic N) is 2. The maximum Gasteiger partial charge on any atom is 0.258 e. The second kappa shape index (κ2) is 7.89. The highest BCUT2D eigenvalue weighted by molar-refractivity contribution is 9.10. The van der Waals surface area contributed by atoms with Crippen LogP contribution >= 0.6 is 27.5 Å². The van der Waals surface area contributed by atoms with Gasteiger partial charge < -0.3 is 14.6 Å². The van der Waals surface area contributed by atoms with Crippen molar-refractivity contribution in [1.82, 2.24) is 14.9 Å². The third kappa shape index (κ3) is 4.32. The molecule has 1 amide bonds. The van der Waals surface area contributed by atoms with Gasteiger partial charge in [0.2, 0.25) is 0 Å². The zero-order valence-corrected chi connectivity index (χ0v) is 16.0. The van der Waals surface area contributed by atoms with Crippen molar-refractivity contribution in [3.8, 4) is 5.75 Å². The van der Waals surface area contributed by atoms with E-state index in [9.17, 15) is 4.79 Å². The summed E-state index contributed by atoms with van der Waals surface area (Å²) in [6, 6.07) is 13.1. The molecule has 5 nitrogen and oxygen atoms in total. The predicted molar refractivity (Wildman–Crippen MR) is 102 cm³/mol. The zero-order chi connectivity index (χ0) is 17.8. The Labute approximate surface area is 159 Å². The number of nitrogens with one attached hydrogen (secondary N) is 1. The highest BCUT2D eigenvalue weighted by Crippen LogP contribution is 2.27. The number of halogens is 2. The number of aryl methyl sites for hydroxylation is 1. The Hall–Kier alpha value is -2.05. The smallest absolute Gasteiger partial charge is 0.258 e. The number of amides is 1. The fourth-order valence-corrected chi connectivity index (χ4v) is 3.37. The van der Waals surface area contributed by atoms with Gasteiger partial charge in [-0.25, -0.2) is 4.98 Å². The van der Waals surface area contributed by atoms with Crippen LogP contribution in [0, 0.1) is 6.92 Å². The molecule has 3 aromatic rings. The molecule has 0 unspecified atom stereocenters. The molecule has 0 radical (unpaired) electrons. The molecule has 130 valence electrons. The van der Waals surface area contributed by atoms with Gasteiger partial charge in [0.1, 0.15) is 11.6 Å². The number of hydrogen-bond donors (Lipinski definition) is 1. The summed E-state index contributed by atoms with van der Waals surface area (Å²) in [4.78, 5) is 16.5. The number of benzene rings is 2. The SMILES string of the molecule is Cc1nc2ccccc2n1CCNC(=O)COc1ccc(Cl)cc1Br. The van der Waals surface area contributed by atoms with Gasteiger partial charge in [-0.1, -0.05) is 23.7 Å². The van der Waals surface area contributed by atoms with E-state index in [0.29, 0.717) is 28.3 Å². The van der Waals surface area contributed by atoms with Crippen molar-refractivity contribution in [2.45, 2.75) is 13.5 Å². The minimum Gasteiger partial charge on any atom is -0.483 e. The van der Waals surface area contributed by atoms with Crippen LogP contribution in [0.15, 0.2) is 46.9 Å². The Morgan fingerprint density at radius 2 is 2.12 bits per heavy atom. The van der Waals surface area contributed by atoms with Crippen LogP contribution < -0.4 is 10.1 Å². The number of fused-ring (bicyclic) bond motifs is 1. The molecule has 0 atom stereocenters. The first-order valence-electron chi connectivity index (χ1n) is 7.81. The maximum absolute atomic E-state index is 12.0. The van der Waals surface area contributed by atoms with Gasteiger partial charge in [-0.2, -0.15) is 0 Å². The molecule has 0 saturated carbocycles. The number of imidazole rings is 1. The van der Waals surface area contributed by atoms with Gasteiger partial charge >= 0.3 is 0 Å². The quantitative estimate of drug-likeness (QED) is 0.654. The number of aromatic nitrogens is 2. The Morgan fingerprint density at radius 1 is 1.32 bits per heavy atom. The van der Waals surface area contributed by atoms with Crippen molar-refractivity contribution in [3.63, 3.8) is 0 Å². The Balaban J connectivity index is 1.51. The second-order valence-electron chi connectivity index (χ2n) is 5.51. The van der Waals surface area contributed by atoms with Gasteiger partial charge in [-0.3, -0.25) is 4.79 Å². The van der Waals surface area contributed by atoms with Crippen LogP contribution in [0.25, 0.3) is 11.0 Å². The van der Waals surface area contributed by atoms with Crippen LogP contribution in [-0.2, 0) is 11.3 Å². The molecular formula is C18H17BrClN3O2. The lowest BCUT2D eigenvalue weighted by Gasteiger charge is -2.10. The first-order valence-corrected chi connectivity index (χ1v) is 8.98. The van der Waals surface area contributed by atoms with Crippen LogP contribution in [-0.4, -0.2) is 28.6 Å². The number of ether oxygens (including phenoxy) is 1. The van der Waals surface area contributed by atoms with Crippen LogP contribution in [0.5, 0.6) is 5.75 Å². The molecule has 0 saturated heterocycles. The molecule has 0 aliphatic rings. The summed E-state index contributed by atoms with van der Waals surface area (Å²) in [6.07, 6.45) is 0. The number of hydrogen-bond acceptors (Lipinski definition) is 3. The lowest BCUT2D eigenvalue weighted by Crippen LogP contribution is -2.31. The van der Waals surface area contributed by atoms with E-state index in [0.717, 1.165) is 16.9 Å². The summed E-state index contributed by atoms with van der Waals surface area (Å²) in [7, 11) is 0. The van der Waals surface area contributed by atoms with Crippen LogP contribution in [0.1, 0.15) is 5.82 Å². The number of rotatable bonds is 6. The standard InChI is InChI=1S/C18H17BrClN3O2/c1-12-22-15-4-2-3-5-16(15)23(12)9-8-21-18(24)11-25-17-7-6-13(20)10-14(17)19/h2-7,10H,8-9,11H2,1H3,(H,21,24). The second-order valence-corrected chi connectivity index (χ2v) is 6.80. The Morgan fingerprint density at radius 3 is 2.92 bits per heavy atom. The van der Waals surface area contributed by atoms with Gasteiger partial charge in [0.15, 0.2) is 6.61 Å². The van der Waals surface area contributed by atoms with E-state index in [-0.39, 0.29) is 12.5 Å². The van der Waals surface area contributed by atoms with E-state index in [1.165, 1.54) is 0 Å². The molecule has 25 heavy (non-hydrogen) atoms. The first-order chi connectivity index (χ1) is 12.0. The summed E-state index contributed by atoms with van der Waals surface area (Å²) in [5.74, 6) is 1.33. The van der Waals surface area contributed by atoms with Crippen LogP contribution in [0.2, 0.25) is 5.02 Å². The molecule has 3 rings (SSSR count). The van der Waals surface area contributed by atoms with Gasteiger partial charge in [0.05, 0.1) is 15.5 Å². The van der Waals surface area contributed by atoms with Gasteiger partial charge in [0.25, 0.3) is 5.91 Å². The zero-order valence-electron chi connectivity index (χ0n) is 13.6. The molecule has 1 N–H and O–H groups in total. The van der Waals surface area contributed by atoms with E-state index in [1.54, 1.807) is 18.2 Å². The summed E-state index contributed by atoms with van der Waals surface area (Å²) >= 11 is 9.23. The summed E-state index contributed by atoms with van der Waals surface area (Å²) < 4.78 is 8.30. The largest absolute Gasteiger partial charge is 0.483 e. The summed E-state index contributed by atoms with van der Waals surface area (Å²) in [5.41, 5.74) is 2.03. The summed E-state index contributed by atoms with van der Waals surface area (Å²) in [5, 5.41) is 3.46. The minimum atomic E-state index is -0.177. The van der Waals surface area contributed by atoms with Crippen molar-refractivity contribution in [2.24, 2.45) is 0 Å². The molecule has 0 aliphatic carbocycles. The van der Waals surface area contributed by atoms with Crippen molar-refractivity contribution in [1.29, 1.82) is 0 Å². The van der Waals surface area contributed by atoms with Crippen molar-refractivity contribution in [3.05, 3.63) is 57.8 Å². The third-order valence-electron chi connectivity index (χ3n) is 3.76. The molecule has 7 heteroatoms. The molecule has 1 heterocycles. The van der Waals surface area contributed by atoms with Gasteiger partial charge in [0, 0.05) is 18.1 Å². The van der Waals surface area contributed by atoms with Crippen molar-refractivity contribution in [2.75, 3.05) is 13.2 Å². The van der Waals surface area contributed by atoms with Gasteiger partial charge in [-0.05, 0) is 53.2 Å². The fraction of sp³-hybridized carbons (Fsp3) is 0.222. The Kier molecular flexibility index (Phi) is 5.60. The van der Waals surface area contributed by atoms with E-state index in [1.807, 2.05) is 31.2 Å². The average molecular weight is 423 g/mol. The topological polar surface area (TPSA) is 56.2 Å². The fourth-order valence-electron chi connectivity index (χ4n) is 2.57. The molecule has 1 aromatic heterocycles. The Bertz CT molecular complexity index is 910. The van der Waals surface area contributed by atoms with Crippen LogP contribution in [0.4, 0.5) is 0 Å². The molecule has 0 spiro atoms. The van der Waals surface area contributed by atoms with Crippen molar-refractivity contribution < 1.29 is 9.53 Å². The third-order valence-corrected chi connectivity index (χ3v) is 4.61. The normalized spacial score (nSPS) is 10.8. The number of carbonyl (C=O) groups is 1. The average Bonchev–Trinajstić information content (AvgIpc) is 2.90. The predicted octanol–water partition coefficient (Wildman–Crippen LogP) is 3.96. The highest BCUT2D eigenvalue weighted by Gasteiger charge is 2.08. The molecule has 2 aromatic carbocycles. The summed E-state index contributed by atoms with van der Waals surface area (Å²) in [6.45, 7) is 3.07. The lowest BCUT2D eigenvalue weighted by molar-refractivity contribution is -0.123. The van der Waals surface area contributed by atoms with E-state index in [2.05, 4.69) is 30.8 Å². The van der Waals surface area contributed by atoms with Crippen molar-refractivity contribution >= 4 is 44.5 Å².